The van der Waals surface area contributed by atoms with Crippen molar-refractivity contribution in [2.45, 2.75) is 31.1 Å². The molecular weight excluding hydrogens is 306 g/mol. The Balaban J connectivity index is 1.46. The van der Waals surface area contributed by atoms with Gasteiger partial charge < -0.3 is 0 Å². The Kier molecular flexibility index (Phi) is 3.95. The van der Waals surface area contributed by atoms with Crippen LogP contribution in [-0.2, 0) is 13.0 Å². The third-order valence-corrected chi connectivity index (χ3v) is 5.74. The van der Waals surface area contributed by atoms with Crippen molar-refractivity contribution >= 4 is 17.4 Å². The number of benzene rings is 1. The Hall–Kier alpha value is -2.01. The van der Waals surface area contributed by atoms with Crippen LogP contribution in [0.3, 0.4) is 0 Å². The molecule has 4 rings (SSSR count). The van der Waals surface area contributed by atoms with Crippen LogP contribution in [0.1, 0.15) is 29.2 Å². The Morgan fingerprint density at radius 3 is 2.96 bits per heavy atom. The smallest absolute Gasteiger partial charge is 0.250 e. The first-order valence-electron chi connectivity index (χ1n) is 8.06. The van der Waals surface area contributed by atoms with Crippen molar-refractivity contribution in [3.63, 3.8) is 0 Å². The van der Waals surface area contributed by atoms with Crippen molar-refractivity contribution in [1.82, 2.24) is 14.2 Å². The minimum absolute atomic E-state index is 0.0507. The first kappa shape index (κ1) is 14.6. The van der Waals surface area contributed by atoms with Gasteiger partial charge in [-0.1, -0.05) is 30.3 Å². The van der Waals surface area contributed by atoms with Gasteiger partial charge in [-0.05, 0) is 42.5 Å². The van der Waals surface area contributed by atoms with Gasteiger partial charge in [-0.25, -0.2) is 9.48 Å². The molecule has 0 spiro atoms. The van der Waals surface area contributed by atoms with Crippen LogP contribution in [0.2, 0.25) is 0 Å². The second-order valence-corrected chi connectivity index (χ2v) is 7.20. The highest BCUT2D eigenvalue weighted by Gasteiger charge is 2.20. The van der Waals surface area contributed by atoms with Gasteiger partial charge in [0.1, 0.15) is 0 Å². The van der Waals surface area contributed by atoms with E-state index in [0.717, 1.165) is 5.75 Å². The lowest BCUT2D eigenvalue weighted by molar-refractivity contribution is 0.634. The Bertz CT molecular complexity index is 883. The van der Waals surface area contributed by atoms with Gasteiger partial charge in [0.15, 0.2) is 5.65 Å². The predicted octanol–water partition coefficient (Wildman–Crippen LogP) is 3.31. The molecule has 1 unspecified atom stereocenters. The molecule has 0 bridgehead atoms. The number of aryl methyl sites for hydroxylation is 2. The van der Waals surface area contributed by atoms with Crippen LogP contribution < -0.4 is 5.69 Å². The van der Waals surface area contributed by atoms with E-state index in [4.69, 9.17) is 0 Å². The molecule has 1 atom stereocenters. The average Bonchev–Trinajstić information content (AvgIpc) is 2.92. The number of pyridine rings is 1. The maximum atomic E-state index is 12.3. The highest BCUT2D eigenvalue weighted by atomic mass is 32.2. The molecule has 23 heavy (non-hydrogen) atoms. The molecule has 1 aliphatic rings. The van der Waals surface area contributed by atoms with E-state index in [1.165, 1.54) is 30.4 Å². The molecule has 2 aromatic heterocycles. The van der Waals surface area contributed by atoms with Crippen LogP contribution in [0.15, 0.2) is 53.5 Å². The summed E-state index contributed by atoms with van der Waals surface area (Å²) in [6, 6.07) is 14.4. The number of rotatable bonds is 4. The monoisotopic (exact) mass is 325 g/mol. The molecule has 118 valence electrons. The molecule has 0 radical (unpaired) electrons. The van der Waals surface area contributed by atoms with E-state index >= 15 is 0 Å². The molecule has 5 heteroatoms. The third kappa shape index (κ3) is 2.81. The fourth-order valence-electron chi connectivity index (χ4n) is 3.28. The molecule has 3 aromatic rings. The van der Waals surface area contributed by atoms with E-state index < -0.39 is 0 Å². The van der Waals surface area contributed by atoms with E-state index in [1.54, 1.807) is 15.3 Å². The zero-order valence-corrected chi connectivity index (χ0v) is 13.7. The molecule has 2 heterocycles. The number of hydrogen-bond acceptors (Lipinski definition) is 3. The molecular formula is C18H19N3OS. The molecule has 0 saturated heterocycles. The summed E-state index contributed by atoms with van der Waals surface area (Å²) in [5.41, 5.74) is 3.63. The summed E-state index contributed by atoms with van der Waals surface area (Å²) in [5, 5.41) is 4.94. The first-order chi connectivity index (χ1) is 11.3. The summed E-state index contributed by atoms with van der Waals surface area (Å²) >= 11 is 1.94. The number of aromatic nitrogens is 3. The van der Waals surface area contributed by atoms with Crippen molar-refractivity contribution in [3.8, 4) is 0 Å². The molecule has 0 aliphatic heterocycles. The second kappa shape index (κ2) is 6.24. The van der Waals surface area contributed by atoms with Crippen molar-refractivity contribution in [3.05, 3.63) is 70.3 Å². The van der Waals surface area contributed by atoms with E-state index in [9.17, 15) is 4.79 Å². The van der Waals surface area contributed by atoms with E-state index in [-0.39, 0.29) is 5.69 Å². The van der Waals surface area contributed by atoms with Gasteiger partial charge in [-0.15, -0.1) is 5.10 Å². The minimum atomic E-state index is -0.0507. The number of thioether (sulfide) groups is 1. The lowest BCUT2D eigenvalue weighted by Gasteiger charge is -2.24. The normalized spacial score (nSPS) is 17.3. The fourth-order valence-corrected chi connectivity index (χ4v) is 4.58. The van der Waals surface area contributed by atoms with Gasteiger partial charge in [0.25, 0.3) is 0 Å². The predicted molar refractivity (Wildman–Crippen MR) is 94.0 cm³/mol. The summed E-state index contributed by atoms with van der Waals surface area (Å²) < 4.78 is 3.18. The summed E-state index contributed by atoms with van der Waals surface area (Å²) in [4.78, 5) is 12.3. The highest BCUT2D eigenvalue weighted by Crippen LogP contribution is 2.39. The minimum Gasteiger partial charge on any atom is -0.250 e. The Morgan fingerprint density at radius 1 is 1.17 bits per heavy atom. The van der Waals surface area contributed by atoms with E-state index in [2.05, 4.69) is 29.4 Å². The van der Waals surface area contributed by atoms with Crippen LogP contribution in [0.5, 0.6) is 0 Å². The van der Waals surface area contributed by atoms with Crippen molar-refractivity contribution < 1.29 is 0 Å². The van der Waals surface area contributed by atoms with Crippen molar-refractivity contribution in [2.75, 3.05) is 5.75 Å². The SMILES string of the molecule is O=c1n(CCSC2CCCc3ccccc32)nc2ccccn12. The van der Waals surface area contributed by atoms with Crippen LogP contribution in [0.4, 0.5) is 0 Å². The van der Waals surface area contributed by atoms with Gasteiger partial charge in [-0.2, -0.15) is 11.8 Å². The maximum absolute atomic E-state index is 12.3. The summed E-state index contributed by atoms with van der Waals surface area (Å²) in [7, 11) is 0. The van der Waals surface area contributed by atoms with Crippen LogP contribution in [0.25, 0.3) is 5.65 Å². The maximum Gasteiger partial charge on any atom is 0.350 e. The number of hydrogen-bond donors (Lipinski definition) is 0. The molecule has 1 aromatic carbocycles. The molecule has 4 nitrogen and oxygen atoms in total. The summed E-state index contributed by atoms with van der Waals surface area (Å²) in [6.07, 6.45) is 5.44. The van der Waals surface area contributed by atoms with Gasteiger partial charge in [0.05, 0.1) is 6.54 Å². The van der Waals surface area contributed by atoms with Crippen molar-refractivity contribution in [2.24, 2.45) is 0 Å². The largest absolute Gasteiger partial charge is 0.350 e. The standard InChI is InChI=1S/C18H19N3OS/c22-18-20-11-4-3-10-17(20)19-21(18)12-13-23-16-9-5-7-14-6-1-2-8-15(14)16/h1-4,6,8,10-11,16H,5,7,9,12-13H2. The molecule has 1 aliphatic carbocycles. The fraction of sp³-hybridized carbons (Fsp3) is 0.333. The molecule has 0 N–H and O–H groups in total. The lowest BCUT2D eigenvalue weighted by atomic mass is 9.91. The van der Waals surface area contributed by atoms with Gasteiger partial charge in [0.2, 0.25) is 0 Å². The molecule has 0 saturated carbocycles. The lowest BCUT2D eigenvalue weighted by Crippen LogP contribution is -2.22. The Labute approximate surface area is 139 Å². The summed E-state index contributed by atoms with van der Waals surface area (Å²) in [5.74, 6) is 0.906. The number of fused-ring (bicyclic) bond motifs is 2. The first-order valence-corrected chi connectivity index (χ1v) is 9.11. The highest BCUT2D eigenvalue weighted by molar-refractivity contribution is 7.99. The molecule has 0 fully saturated rings. The zero-order chi connectivity index (χ0) is 15.6. The quantitative estimate of drug-likeness (QED) is 0.739. The number of nitrogens with zero attached hydrogens (tertiary/aromatic N) is 3. The second-order valence-electron chi connectivity index (χ2n) is 5.89. The Morgan fingerprint density at radius 2 is 2.04 bits per heavy atom. The van der Waals surface area contributed by atoms with Crippen LogP contribution in [0, 0.1) is 0 Å². The third-order valence-electron chi connectivity index (χ3n) is 4.42. The van der Waals surface area contributed by atoms with Gasteiger partial charge in [0, 0.05) is 17.2 Å². The zero-order valence-electron chi connectivity index (χ0n) is 12.9. The van der Waals surface area contributed by atoms with Crippen molar-refractivity contribution in [1.29, 1.82) is 0 Å². The van der Waals surface area contributed by atoms with Crippen LogP contribution >= 0.6 is 11.8 Å². The van der Waals surface area contributed by atoms with Gasteiger partial charge >= 0.3 is 5.69 Å². The average molecular weight is 325 g/mol. The van der Waals surface area contributed by atoms with E-state index in [1.807, 2.05) is 30.0 Å². The molecule has 0 amide bonds. The van der Waals surface area contributed by atoms with Crippen LogP contribution in [-0.4, -0.2) is 19.9 Å². The summed E-state index contributed by atoms with van der Waals surface area (Å²) in [6.45, 7) is 0.657. The van der Waals surface area contributed by atoms with E-state index in [0.29, 0.717) is 17.4 Å². The van der Waals surface area contributed by atoms with Gasteiger partial charge in [-0.3, -0.25) is 4.40 Å². The topological polar surface area (TPSA) is 39.3 Å².